The first-order valence-corrected chi connectivity index (χ1v) is 5.25. The molecule has 0 aromatic heterocycles. The molecule has 1 unspecified atom stereocenters. The summed E-state index contributed by atoms with van der Waals surface area (Å²) in [5.41, 5.74) is 0. The van der Waals surface area contributed by atoms with Crippen LogP contribution in [0.25, 0.3) is 0 Å². The first-order valence-electron chi connectivity index (χ1n) is 5.25. The van der Waals surface area contributed by atoms with Gasteiger partial charge in [0.25, 0.3) is 0 Å². The van der Waals surface area contributed by atoms with Crippen molar-refractivity contribution in [2.45, 2.75) is 32.0 Å². The maximum absolute atomic E-state index is 11.3. The van der Waals surface area contributed by atoms with Gasteiger partial charge in [0.05, 0.1) is 13.2 Å². The summed E-state index contributed by atoms with van der Waals surface area (Å²) < 4.78 is 11.0. The van der Waals surface area contributed by atoms with Crippen LogP contribution in [0.3, 0.4) is 0 Å². The minimum Gasteiger partial charge on any atom is -0.356 e. The van der Waals surface area contributed by atoms with E-state index in [0.717, 1.165) is 25.8 Å². The zero-order valence-electron chi connectivity index (χ0n) is 8.54. The lowest BCUT2D eigenvalue weighted by Gasteiger charge is -2.23. The molecule has 0 saturated carbocycles. The van der Waals surface area contributed by atoms with Crippen LogP contribution in [0.15, 0.2) is 0 Å². The lowest BCUT2D eigenvalue weighted by molar-refractivity contribution is -0.150. The van der Waals surface area contributed by atoms with Gasteiger partial charge in [-0.05, 0) is 19.8 Å². The zero-order chi connectivity index (χ0) is 10.0. The van der Waals surface area contributed by atoms with E-state index < -0.39 is 5.79 Å². The Kier molecular flexibility index (Phi) is 2.74. The van der Waals surface area contributed by atoms with Gasteiger partial charge in [0.1, 0.15) is 0 Å². The smallest absolute Gasteiger partial charge is 0.223 e. The summed E-state index contributed by atoms with van der Waals surface area (Å²) in [5, 5.41) is 2.84. The van der Waals surface area contributed by atoms with Gasteiger partial charge in [0.2, 0.25) is 5.91 Å². The maximum Gasteiger partial charge on any atom is 0.223 e. The van der Waals surface area contributed by atoms with Crippen LogP contribution in [0.2, 0.25) is 0 Å². The van der Waals surface area contributed by atoms with Crippen molar-refractivity contribution < 1.29 is 14.3 Å². The van der Waals surface area contributed by atoms with Crippen molar-refractivity contribution in [1.82, 2.24) is 5.32 Å². The molecule has 80 valence electrons. The number of carbonyl (C=O) groups is 1. The van der Waals surface area contributed by atoms with Crippen molar-refractivity contribution in [3.8, 4) is 0 Å². The molecule has 4 heteroatoms. The zero-order valence-corrected chi connectivity index (χ0v) is 8.54. The second-order valence-electron chi connectivity index (χ2n) is 4.15. The molecule has 1 atom stereocenters. The fourth-order valence-corrected chi connectivity index (χ4v) is 2.06. The Labute approximate surface area is 84.0 Å². The van der Waals surface area contributed by atoms with E-state index >= 15 is 0 Å². The summed E-state index contributed by atoms with van der Waals surface area (Å²) in [6, 6.07) is 0. The molecule has 2 saturated heterocycles. The number of hydrogen-bond donors (Lipinski definition) is 1. The molecule has 0 aliphatic carbocycles. The molecule has 1 amide bonds. The fourth-order valence-electron chi connectivity index (χ4n) is 2.06. The Morgan fingerprint density at radius 2 is 2.21 bits per heavy atom. The van der Waals surface area contributed by atoms with Gasteiger partial charge in [0.15, 0.2) is 5.79 Å². The fraction of sp³-hybridized carbons (Fsp3) is 0.900. The number of ether oxygens (including phenoxy) is 2. The molecule has 0 radical (unpaired) electrons. The quantitative estimate of drug-likeness (QED) is 0.726. The second kappa shape index (κ2) is 3.87. The number of amides is 1. The third-order valence-corrected chi connectivity index (χ3v) is 3.01. The molecule has 0 bridgehead atoms. The normalized spacial score (nSPS) is 30.6. The molecule has 4 nitrogen and oxygen atoms in total. The van der Waals surface area contributed by atoms with Crippen LogP contribution in [0.5, 0.6) is 0 Å². The van der Waals surface area contributed by atoms with Gasteiger partial charge in [-0.3, -0.25) is 4.79 Å². The summed E-state index contributed by atoms with van der Waals surface area (Å²) in [6.07, 6.45) is 2.63. The number of nitrogens with one attached hydrogen (secondary N) is 1. The predicted octanol–water partition coefficient (Wildman–Crippen LogP) is 0.666. The molecule has 2 rings (SSSR count). The molecule has 2 aliphatic heterocycles. The van der Waals surface area contributed by atoms with E-state index in [1.54, 1.807) is 0 Å². The lowest BCUT2D eigenvalue weighted by atomic mass is 9.99. The van der Waals surface area contributed by atoms with E-state index in [4.69, 9.17) is 9.47 Å². The van der Waals surface area contributed by atoms with Gasteiger partial charge >= 0.3 is 0 Å². The van der Waals surface area contributed by atoms with Gasteiger partial charge in [-0.2, -0.15) is 0 Å². The highest BCUT2D eigenvalue weighted by Crippen LogP contribution is 2.27. The molecular weight excluding hydrogens is 182 g/mol. The number of carbonyl (C=O) groups excluding carboxylic acids is 1. The minimum atomic E-state index is -0.442. The van der Waals surface area contributed by atoms with Crippen LogP contribution in [0, 0.1) is 5.92 Å². The second-order valence-corrected chi connectivity index (χ2v) is 4.15. The number of rotatable bonds is 3. The highest BCUT2D eigenvalue weighted by atomic mass is 16.7. The predicted molar refractivity (Wildman–Crippen MR) is 50.7 cm³/mol. The Balaban J connectivity index is 1.78. The van der Waals surface area contributed by atoms with E-state index in [9.17, 15) is 4.79 Å². The van der Waals surface area contributed by atoms with Gasteiger partial charge in [0, 0.05) is 18.9 Å². The summed E-state index contributed by atoms with van der Waals surface area (Å²) >= 11 is 0. The summed E-state index contributed by atoms with van der Waals surface area (Å²) in [4.78, 5) is 11.3. The Bertz CT molecular complexity index is 223. The van der Waals surface area contributed by atoms with Crippen molar-refractivity contribution in [2.75, 3.05) is 19.8 Å². The highest BCUT2D eigenvalue weighted by molar-refractivity contribution is 5.80. The topological polar surface area (TPSA) is 47.6 Å². The largest absolute Gasteiger partial charge is 0.356 e. The summed E-state index contributed by atoms with van der Waals surface area (Å²) in [7, 11) is 0. The van der Waals surface area contributed by atoms with E-state index in [0.29, 0.717) is 13.2 Å². The Hall–Kier alpha value is -0.610. The Morgan fingerprint density at radius 1 is 1.50 bits per heavy atom. The summed E-state index contributed by atoms with van der Waals surface area (Å²) in [5.74, 6) is -0.0886. The van der Waals surface area contributed by atoms with Crippen LogP contribution in [0.1, 0.15) is 26.2 Å². The van der Waals surface area contributed by atoms with Crippen molar-refractivity contribution in [1.29, 1.82) is 0 Å². The van der Waals surface area contributed by atoms with E-state index in [1.807, 2.05) is 6.92 Å². The molecule has 0 aromatic carbocycles. The molecular formula is C10H17NO3. The van der Waals surface area contributed by atoms with Crippen molar-refractivity contribution in [3.05, 3.63) is 0 Å². The summed E-state index contributed by atoms with van der Waals surface area (Å²) in [6.45, 7) is 4.12. The van der Waals surface area contributed by atoms with Gasteiger partial charge in [-0.1, -0.05) is 0 Å². The van der Waals surface area contributed by atoms with Crippen molar-refractivity contribution >= 4 is 5.91 Å². The molecule has 0 aromatic rings. The van der Waals surface area contributed by atoms with E-state index in [1.165, 1.54) is 0 Å². The molecule has 14 heavy (non-hydrogen) atoms. The van der Waals surface area contributed by atoms with E-state index in [-0.39, 0.29) is 11.8 Å². The van der Waals surface area contributed by atoms with Crippen LogP contribution in [-0.2, 0) is 14.3 Å². The van der Waals surface area contributed by atoms with Gasteiger partial charge in [-0.15, -0.1) is 0 Å². The van der Waals surface area contributed by atoms with Crippen LogP contribution >= 0.6 is 0 Å². The first-order chi connectivity index (χ1) is 6.70. The molecule has 2 fully saturated rings. The van der Waals surface area contributed by atoms with Crippen LogP contribution < -0.4 is 5.32 Å². The van der Waals surface area contributed by atoms with E-state index in [2.05, 4.69) is 5.32 Å². The molecule has 0 spiro atoms. The minimum absolute atomic E-state index is 0.166. The van der Waals surface area contributed by atoms with Gasteiger partial charge < -0.3 is 14.8 Å². The van der Waals surface area contributed by atoms with Crippen LogP contribution in [0.4, 0.5) is 0 Å². The SMILES string of the molecule is CC1(CCC2CCNC2=O)OCCO1. The Morgan fingerprint density at radius 3 is 2.79 bits per heavy atom. The lowest BCUT2D eigenvalue weighted by Crippen LogP contribution is -2.27. The monoisotopic (exact) mass is 199 g/mol. The molecule has 2 aliphatic rings. The number of hydrogen-bond acceptors (Lipinski definition) is 3. The highest BCUT2D eigenvalue weighted by Gasteiger charge is 2.33. The standard InChI is InChI=1S/C10H17NO3/c1-10(13-6-7-14-10)4-2-8-3-5-11-9(8)12/h8H,2-7H2,1H3,(H,11,12). The van der Waals surface area contributed by atoms with Crippen LogP contribution in [-0.4, -0.2) is 31.5 Å². The molecule has 1 N–H and O–H groups in total. The third-order valence-electron chi connectivity index (χ3n) is 3.01. The first kappa shape index (κ1) is 9.93. The maximum atomic E-state index is 11.3. The molecule has 2 heterocycles. The third kappa shape index (κ3) is 2.07. The van der Waals surface area contributed by atoms with Crippen molar-refractivity contribution in [3.63, 3.8) is 0 Å². The average molecular weight is 199 g/mol. The van der Waals surface area contributed by atoms with Crippen molar-refractivity contribution in [2.24, 2.45) is 5.92 Å². The van der Waals surface area contributed by atoms with Gasteiger partial charge in [-0.25, -0.2) is 0 Å². The average Bonchev–Trinajstić information content (AvgIpc) is 2.73.